The minimum Gasteiger partial charge on any atom is -0.493 e. The highest BCUT2D eigenvalue weighted by Crippen LogP contribution is 2.35. The maximum absolute atomic E-state index is 9.11. The highest BCUT2D eigenvalue weighted by molar-refractivity contribution is 5.84. The van der Waals surface area contributed by atoms with Crippen molar-refractivity contribution in [2.75, 3.05) is 40.3 Å². The molecular formula is C30H38N4O2. The van der Waals surface area contributed by atoms with Crippen molar-refractivity contribution < 1.29 is 9.26 Å². The van der Waals surface area contributed by atoms with Crippen molar-refractivity contribution in [3.05, 3.63) is 58.8 Å². The number of hydrogen-bond acceptors (Lipinski definition) is 6. The summed E-state index contributed by atoms with van der Waals surface area (Å²) in [6.07, 6.45) is 8.16. The Morgan fingerprint density at radius 1 is 1.08 bits per heavy atom. The Kier molecular flexibility index (Phi) is 7.89. The maximum Gasteiger partial charge on any atom is 0.175 e. The zero-order chi connectivity index (χ0) is 24.9. The second-order valence-electron chi connectivity index (χ2n) is 10.9. The molecule has 0 amide bonds. The number of nitrogens with zero attached hydrogens (tertiary/aromatic N) is 4. The lowest BCUT2D eigenvalue weighted by Gasteiger charge is -2.32. The number of aryl methyl sites for hydroxylation is 1. The molecule has 1 saturated heterocycles. The molecule has 0 unspecified atom stereocenters. The van der Waals surface area contributed by atoms with E-state index >= 15 is 0 Å². The van der Waals surface area contributed by atoms with E-state index in [1.807, 2.05) is 18.2 Å². The lowest BCUT2D eigenvalue weighted by Crippen LogP contribution is -2.35. The average molecular weight is 487 g/mol. The van der Waals surface area contributed by atoms with Crippen molar-refractivity contribution >= 4 is 11.0 Å². The summed E-state index contributed by atoms with van der Waals surface area (Å²) in [5.41, 5.74) is 5.09. The van der Waals surface area contributed by atoms with Gasteiger partial charge in [-0.05, 0) is 114 Å². The lowest BCUT2D eigenvalue weighted by atomic mass is 9.91. The number of nitriles is 1. The lowest BCUT2D eigenvalue weighted by molar-refractivity contribution is 0.180. The van der Waals surface area contributed by atoms with Gasteiger partial charge in [0, 0.05) is 18.5 Å². The van der Waals surface area contributed by atoms with Crippen LogP contribution >= 0.6 is 0 Å². The van der Waals surface area contributed by atoms with Gasteiger partial charge >= 0.3 is 0 Å². The Balaban J connectivity index is 1.14. The monoisotopic (exact) mass is 486 g/mol. The number of fused-ring (bicyclic) bond motifs is 1. The van der Waals surface area contributed by atoms with Gasteiger partial charge < -0.3 is 19.1 Å². The van der Waals surface area contributed by atoms with Gasteiger partial charge in [-0.1, -0.05) is 17.3 Å². The smallest absolute Gasteiger partial charge is 0.175 e. The maximum atomic E-state index is 9.11. The minimum atomic E-state index is 0.722. The largest absolute Gasteiger partial charge is 0.493 e. The Labute approximate surface area is 214 Å². The highest BCUT2D eigenvalue weighted by atomic mass is 16.5. The van der Waals surface area contributed by atoms with Crippen LogP contribution in [0.25, 0.3) is 11.0 Å². The zero-order valence-corrected chi connectivity index (χ0v) is 21.7. The van der Waals surface area contributed by atoms with E-state index in [0.717, 1.165) is 97.4 Å². The molecule has 0 radical (unpaired) electrons. The van der Waals surface area contributed by atoms with Gasteiger partial charge in [-0.2, -0.15) is 5.26 Å². The first kappa shape index (κ1) is 24.8. The predicted molar refractivity (Wildman–Crippen MR) is 142 cm³/mol. The third-order valence-corrected chi connectivity index (χ3v) is 7.69. The van der Waals surface area contributed by atoms with Crippen LogP contribution in [0.1, 0.15) is 54.5 Å². The highest BCUT2D eigenvalue weighted by Gasteiger charge is 2.24. The van der Waals surface area contributed by atoms with Crippen LogP contribution in [0.5, 0.6) is 5.75 Å². The quantitative estimate of drug-likeness (QED) is 0.360. The van der Waals surface area contributed by atoms with Gasteiger partial charge in [-0.25, -0.2) is 0 Å². The van der Waals surface area contributed by atoms with Gasteiger partial charge in [-0.3, -0.25) is 0 Å². The van der Waals surface area contributed by atoms with Crippen LogP contribution in [-0.4, -0.2) is 55.3 Å². The van der Waals surface area contributed by atoms with Gasteiger partial charge in [0.05, 0.1) is 29.5 Å². The van der Waals surface area contributed by atoms with Crippen LogP contribution in [0.4, 0.5) is 0 Å². The molecule has 1 aromatic heterocycles. The van der Waals surface area contributed by atoms with Crippen LogP contribution < -0.4 is 4.74 Å². The molecule has 1 aliphatic heterocycles. The molecule has 3 aromatic rings. The molecule has 190 valence electrons. The third-order valence-electron chi connectivity index (χ3n) is 7.69. The molecule has 0 bridgehead atoms. The number of ether oxygens (including phenoxy) is 1. The van der Waals surface area contributed by atoms with E-state index in [0.29, 0.717) is 0 Å². The molecule has 2 fully saturated rings. The first-order chi connectivity index (χ1) is 17.6. The molecule has 0 spiro atoms. The SMILES string of the molecule is CN(C)Cc1c(OCC2CC2)ccc2c(CCC3CCN(CCc4cccc(C#N)c4)CC3)noc12. The fraction of sp³-hybridized carbons (Fsp3) is 0.533. The van der Waals surface area contributed by atoms with Crippen LogP contribution in [0, 0.1) is 23.2 Å². The Morgan fingerprint density at radius 3 is 2.67 bits per heavy atom. The third kappa shape index (κ3) is 6.27. The van der Waals surface area contributed by atoms with Crippen molar-refractivity contribution in [1.29, 1.82) is 5.26 Å². The molecular weight excluding hydrogens is 448 g/mol. The summed E-state index contributed by atoms with van der Waals surface area (Å²) in [7, 11) is 4.16. The number of piperidine rings is 1. The summed E-state index contributed by atoms with van der Waals surface area (Å²) in [5.74, 6) is 2.40. The number of hydrogen-bond donors (Lipinski definition) is 0. The van der Waals surface area contributed by atoms with E-state index in [2.05, 4.69) is 53.3 Å². The van der Waals surface area contributed by atoms with Crippen molar-refractivity contribution in [1.82, 2.24) is 15.0 Å². The van der Waals surface area contributed by atoms with E-state index in [9.17, 15) is 0 Å². The minimum absolute atomic E-state index is 0.722. The number of aromatic nitrogens is 1. The van der Waals surface area contributed by atoms with E-state index in [1.54, 1.807) is 0 Å². The molecule has 2 aromatic carbocycles. The zero-order valence-electron chi connectivity index (χ0n) is 21.7. The second kappa shape index (κ2) is 11.5. The normalized spacial score (nSPS) is 17.1. The number of rotatable bonds is 11. The van der Waals surface area contributed by atoms with Crippen LogP contribution in [0.2, 0.25) is 0 Å². The molecule has 6 heteroatoms. The standard InChI is InChI=1S/C30H38N4O2/c1-33(2)20-27-29(35-21-24-6-7-24)11-9-26-28(32-36-30(26)27)10-8-22-12-15-34(16-13-22)17-14-23-4-3-5-25(18-23)19-31/h3-5,9,11,18,22,24H,6-8,10,12-17,20-21H2,1-2H3. The fourth-order valence-corrected chi connectivity index (χ4v) is 5.29. The van der Waals surface area contributed by atoms with Crippen LogP contribution in [0.15, 0.2) is 40.9 Å². The average Bonchev–Trinajstić information content (AvgIpc) is 3.64. The van der Waals surface area contributed by atoms with Gasteiger partial charge in [0.25, 0.3) is 0 Å². The van der Waals surface area contributed by atoms with Crippen molar-refractivity contribution in [2.24, 2.45) is 11.8 Å². The van der Waals surface area contributed by atoms with E-state index in [1.165, 1.54) is 31.2 Å². The summed E-state index contributed by atoms with van der Waals surface area (Å²) in [4.78, 5) is 4.73. The summed E-state index contributed by atoms with van der Waals surface area (Å²) in [5, 5.41) is 14.8. The van der Waals surface area contributed by atoms with Crippen molar-refractivity contribution in [3.8, 4) is 11.8 Å². The summed E-state index contributed by atoms with van der Waals surface area (Å²) >= 11 is 0. The van der Waals surface area contributed by atoms with Gasteiger partial charge in [0.1, 0.15) is 5.75 Å². The summed E-state index contributed by atoms with van der Waals surface area (Å²) in [6, 6.07) is 14.5. The van der Waals surface area contributed by atoms with Gasteiger partial charge in [0.15, 0.2) is 5.58 Å². The van der Waals surface area contributed by atoms with E-state index < -0.39 is 0 Å². The molecule has 6 nitrogen and oxygen atoms in total. The number of likely N-dealkylation sites (tertiary alicyclic amines) is 1. The van der Waals surface area contributed by atoms with Crippen LogP contribution in [0.3, 0.4) is 0 Å². The van der Waals surface area contributed by atoms with E-state index in [4.69, 9.17) is 14.5 Å². The number of benzene rings is 2. The topological polar surface area (TPSA) is 65.5 Å². The van der Waals surface area contributed by atoms with E-state index in [-0.39, 0.29) is 0 Å². The molecule has 0 N–H and O–H groups in total. The molecule has 5 rings (SSSR count). The van der Waals surface area contributed by atoms with Crippen molar-refractivity contribution in [3.63, 3.8) is 0 Å². The Morgan fingerprint density at radius 2 is 1.92 bits per heavy atom. The second-order valence-corrected chi connectivity index (χ2v) is 10.9. The Bertz CT molecular complexity index is 1200. The predicted octanol–water partition coefficient (Wildman–Crippen LogP) is 5.44. The van der Waals surface area contributed by atoms with Crippen LogP contribution in [-0.2, 0) is 19.4 Å². The first-order valence-corrected chi connectivity index (χ1v) is 13.5. The summed E-state index contributed by atoms with van der Waals surface area (Å²) < 4.78 is 12.1. The molecule has 1 aliphatic carbocycles. The van der Waals surface area contributed by atoms with Gasteiger partial charge in [0.2, 0.25) is 0 Å². The Hall–Kier alpha value is -2.88. The molecule has 36 heavy (non-hydrogen) atoms. The first-order valence-electron chi connectivity index (χ1n) is 13.5. The van der Waals surface area contributed by atoms with Gasteiger partial charge in [-0.15, -0.1) is 0 Å². The molecule has 0 atom stereocenters. The fourth-order valence-electron chi connectivity index (χ4n) is 5.29. The molecule has 2 heterocycles. The molecule has 1 saturated carbocycles. The molecule has 2 aliphatic rings. The summed E-state index contributed by atoms with van der Waals surface area (Å²) in [6.45, 7) is 4.95. The van der Waals surface area contributed by atoms with Crippen molar-refractivity contribution in [2.45, 2.75) is 51.5 Å².